The van der Waals surface area contributed by atoms with Crippen LogP contribution in [0.3, 0.4) is 0 Å². The molecule has 1 saturated heterocycles. The average molecular weight is 411 g/mol. The molecule has 0 unspecified atom stereocenters. The number of hydrogen-bond donors (Lipinski definition) is 1. The summed E-state index contributed by atoms with van der Waals surface area (Å²) in [5.74, 6) is -0.728. The van der Waals surface area contributed by atoms with Crippen LogP contribution < -0.4 is 5.32 Å². The van der Waals surface area contributed by atoms with Gasteiger partial charge < -0.3 is 10.1 Å². The number of pyridine rings is 2. The van der Waals surface area contributed by atoms with Gasteiger partial charge in [-0.15, -0.1) is 0 Å². The van der Waals surface area contributed by atoms with E-state index in [9.17, 15) is 9.18 Å². The van der Waals surface area contributed by atoms with E-state index in [1.165, 1.54) is 6.07 Å². The third-order valence-corrected chi connectivity index (χ3v) is 5.79. The smallest absolute Gasteiger partial charge is 0.253 e. The standard InChI is InChI=1S/C22H26FN5O2/c1-3-16-13-30-14-18(27(16)2)6-8-25-22(29)20-12-28(17-5-4-7-24-11-17)21-19(20)9-15(23)10-26-21/h4-5,7,9-12,16,18H,3,6,8,13-14H2,1-2H3,(H,25,29)/t16-,18-/m1/s1. The monoisotopic (exact) mass is 411 g/mol. The summed E-state index contributed by atoms with van der Waals surface area (Å²) in [7, 11) is 2.11. The molecule has 8 heteroatoms. The van der Waals surface area contributed by atoms with Crippen LogP contribution in [0.1, 0.15) is 30.1 Å². The van der Waals surface area contributed by atoms with Crippen molar-refractivity contribution in [2.24, 2.45) is 0 Å². The van der Waals surface area contributed by atoms with Crippen LogP contribution in [0, 0.1) is 5.82 Å². The highest BCUT2D eigenvalue weighted by atomic mass is 19.1. The lowest BCUT2D eigenvalue weighted by Gasteiger charge is -2.39. The Labute approximate surface area is 174 Å². The summed E-state index contributed by atoms with van der Waals surface area (Å²) in [5.41, 5.74) is 1.66. The zero-order valence-corrected chi connectivity index (χ0v) is 17.2. The molecule has 1 aliphatic heterocycles. The number of nitrogens with zero attached hydrogens (tertiary/aromatic N) is 4. The van der Waals surface area contributed by atoms with Crippen LogP contribution in [0.2, 0.25) is 0 Å². The van der Waals surface area contributed by atoms with Gasteiger partial charge in [0, 0.05) is 36.4 Å². The van der Waals surface area contributed by atoms with Crippen molar-refractivity contribution in [3.63, 3.8) is 0 Å². The summed E-state index contributed by atoms with van der Waals surface area (Å²) < 4.78 is 21.3. The van der Waals surface area contributed by atoms with Gasteiger partial charge in [0.1, 0.15) is 11.5 Å². The number of rotatable bonds is 6. The molecule has 1 N–H and O–H groups in total. The number of aromatic nitrogens is 3. The number of amides is 1. The topological polar surface area (TPSA) is 72.3 Å². The second-order valence-corrected chi connectivity index (χ2v) is 7.61. The molecule has 158 valence electrons. The van der Waals surface area contributed by atoms with Gasteiger partial charge in [-0.25, -0.2) is 9.37 Å². The van der Waals surface area contributed by atoms with E-state index in [4.69, 9.17) is 4.74 Å². The van der Waals surface area contributed by atoms with Crippen LogP contribution in [0.25, 0.3) is 16.7 Å². The van der Waals surface area contributed by atoms with Gasteiger partial charge >= 0.3 is 0 Å². The molecule has 0 spiro atoms. The molecule has 2 atom stereocenters. The zero-order chi connectivity index (χ0) is 21.1. The molecule has 0 bridgehead atoms. The fourth-order valence-electron chi connectivity index (χ4n) is 3.97. The normalized spacial score (nSPS) is 19.8. The van der Waals surface area contributed by atoms with Gasteiger partial charge in [0.2, 0.25) is 0 Å². The first-order valence-corrected chi connectivity index (χ1v) is 10.2. The summed E-state index contributed by atoms with van der Waals surface area (Å²) in [6, 6.07) is 5.68. The predicted octanol–water partition coefficient (Wildman–Crippen LogP) is 2.79. The van der Waals surface area contributed by atoms with Crippen molar-refractivity contribution >= 4 is 16.9 Å². The molecule has 1 fully saturated rings. The number of ether oxygens (including phenoxy) is 1. The SMILES string of the molecule is CC[C@@H]1COC[C@@H](CCNC(=O)c2cn(-c3cccnc3)c3ncc(F)cc23)N1C. The van der Waals surface area contributed by atoms with Crippen molar-refractivity contribution in [1.82, 2.24) is 24.8 Å². The van der Waals surface area contributed by atoms with E-state index in [0.717, 1.165) is 31.3 Å². The van der Waals surface area contributed by atoms with E-state index in [1.807, 2.05) is 6.07 Å². The van der Waals surface area contributed by atoms with Crippen LogP contribution in [0.15, 0.2) is 43.0 Å². The second kappa shape index (κ2) is 8.89. The highest BCUT2D eigenvalue weighted by Gasteiger charge is 2.27. The van der Waals surface area contributed by atoms with Crippen LogP contribution in [-0.2, 0) is 4.74 Å². The van der Waals surface area contributed by atoms with E-state index >= 15 is 0 Å². The quantitative estimate of drug-likeness (QED) is 0.675. The van der Waals surface area contributed by atoms with Crippen LogP contribution in [0.4, 0.5) is 4.39 Å². The Kier molecular flexibility index (Phi) is 6.06. The summed E-state index contributed by atoms with van der Waals surface area (Å²) in [5, 5.41) is 3.45. The maximum absolute atomic E-state index is 13.9. The number of fused-ring (bicyclic) bond motifs is 1. The molecule has 3 aromatic heterocycles. The van der Waals surface area contributed by atoms with Crippen LogP contribution in [-0.4, -0.2) is 64.2 Å². The summed E-state index contributed by atoms with van der Waals surface area (Å²) in [6.07, 6.45) is 8.00. The van der Waals surface area contributed by atoms with E-state index in [0.29, 0.717) is 35.8 Å². The summed E-state index contributed by atoms with van der Waals surface area (Å²) >= 11 is 0. The van der Waals surface area contributed by atoms with E-state index in [1.54, 1.807) is 29.2 Å². The highest BCUT2D eigenvalue weighted by Crippen LogP contribution is 2.24. The maximum Gasteiger partial charge on any atom is 0.253 e. The predicted molar refractivity (Wildman–Crippen MR) is 112 cm³/mol. The van der Waals surface area contributed by atoms with E-state index in [2.05, 4.69) is 34.2 Å². The molecule has 0 aromatic carbocycles. The third-order valence-electron chi connectivity index (χ3n) is 5.79. The maximum atomic E-state index is 13.9. The fourth-order valence-corrected chi connectivity index (χ4v) is 3.97. The Balaban J connectivity index is 1.51. The molecule has 3 aromatic rings. The first-order chi connectivity index (χ1) is 14.6. The Bertz CT molecular complexity index is 1020. The van der Waals surface area contributed by atoms with Gasteiger partial charge in [0.25, 0.3) is 5.91 Å². The Morgan fingerprint density at radius 1 is 1.33 bits per heavy atom. The van der Waals surface area contributed by atoms with E-state index < -0.39 is 5.82 Å². The fraction of sp³-hybridized carbons (Fsp3) is 0.409. The number of halogens is 1. The van der Waals surface area contributed by atoms with Crippen LogP contribution in [0.5, 0.6) is 0 Å². The minimum Gasteiger partial charge on any atom is -0.378 e. The number of carbonyl (C=O) groups is 1. The van der Waals surface area contributed by atoms with Gasteiger partial charge in [0.15, 0.2) is 0 Å². The van der Waals surface area contributed by atoms with Crippen molar-refractivity contribution in [2.75, 3.05) is 26.8 Å². The molecular weight excluding hydrogens is 385 g/mol. The van der Waals surface area contributed by atoms with Crippen molar-refractivity contribution in [3.8, 4) is 5.69 Å². The first-order valence-electron chi connectivity index (χ1n) is 10.2. The molecule has 0 saturated carbocycles. The van der Waals surface area contributed by atoms with Gasteiger partial charge in [-0.3, -0.25) is 19.2 Å². The minimum absolute atomic E-state index is 0.249. The van der Waals surface area contributed by atoms with Crippen molar-refractivity contribution in [3.05, 3.63) is 54.4 Å². The molecule has 1 amide bonds. The van der Waals surface area contributed by atoms with Gasteiger partial charge in [0.05, 0.1) is 36.9 Å². The lowest BCUT2D eigenvalue weighted by Crippen LogP contribution is -2.50. The van der Waals surface area contributed by atoms with Crippen LogP contribution >= 0.6 is 0 Å². The van der Waals surface area contributed by atoms with Gasteiger partial charge in [-0.05, 0) is 38.1 Å². The number of hydrogen-bond acceptors (Lipinski definition) is 5. The molecular formula is C22H26FN5O2. The number of morpholine rings is 1. The third kappa shape index (κ3) is 4.06. The van der Waals surface area contributed by atoms with Crippen molar-refractivity contribution < 1.29 is 13.9 Å². The lowest BCUT2D eigenvalue weighted by atomic mass is 10.1. The summed E-state index contributed by atoms with van der Waals surface area (Å²) in [4.78, 5) is 23.6. The first kappa shape index (κ1) is 20.4. The molecule has 4 heterocycles. The molecule has 7 nitrogen and oxygen atoms in total. The van der Waals surface area contributed by atoms with E-state index in [-0.39, 0.29) is 11.9 Å². The zero-order valence-electron chi connectivity index (χ0n) is 17.2. The molecule has 0 aliphatic carbocycles. The lowest BCUT2D eigenvalue weighted by molar-refractivity contribution is -0.0389. The number of carbonyl (C=O) groups excluding carboxylic acids is 1. The number of nitrogens with one attached hydrogen (secondary N) is 1. The average Bonchev–Trinajstić information content (AvgIpc) is 3.14. The Hall–Kier alpha value is -2.84. The molecule has 1 aliphatic rings. The number of likely N-dealkylation sites (N-methyl/N-ethyl adjacent to an activating group) is 1. The van der Waals surface area contributed by atoms with Gasteiger partial charge in [-0.1, -0.05) is 6.92 Å². The largest absolute Gasteiger partial charge is 0.378 e. The summed E-state index contributed by atoms with van der Waals surface area (Å²) in [6.45, 7) is 4.08. The Morgan fingerprint density at radius 3 is 2.93 bits per heavy atom. The van der Waals surface area contributed by atoms with Crippen molar-refractivity contribution in [2.45, 2.75) is 31.8 Å². The van der Waals surface area contributed by atoms with Gasteiger partial charge in [-0.2, -0.15) is 0 Å². The molecule has 4 rings (SSSR count). The molecule has 0 radical (unpaired) electrons. The second-order valence-electron chi connectivity index (χ2n) is 7.61. The highest BCUT2D eigenvalue weighted by molar-refractivity contribution is 6.06. The van der Waals surface area contributed by atoms with Crippen molar-refractivity contribution in [1.29, 1.82) is 0 Å². The molecule has 30 heavy (non-hydrogen) atoms. The Morgan fingerprint density at radius 2 is 2.17 bits per heavy atom. The minimum atomic E-state index is -0.480.